The molecule has 0 aliphatic heterocycles. The van der Waals surface area contributed by atoms with Crippen LogP contribution in [0.3, 0.4) is 0 Å². The summed E-state index contributed by atoms with van der Waals surface area (Å²) in [5, 5.41) is 8.38. The standard InChI is InChI=1S/C11H16O2/c1-11(2,9-13-12)8-10-6-4-3-5-7-10/h3-7,12H,8-9H2,1-2H3. The first-order chi connectivity index (χ1) is 6.14. The third-order valence-corrected chi connectivity index (χ3v) is 1.98. The molecule has 0 fully saturated rings. The topological polar surface area (TPSA) is 29.5 Å². The first-order valence-electron chi connectivity index (χ1n) is 4.44. The number of hydrogen-bond donors (Lipinski definition) is 1. The molecule has 72 valence electrons. The summed E-state index contributed by atoms with van der Waals surface area (Å²) < 4.78 is 0. The molecule has 2 heteroatoms. The maximum absolute atomic E-state index is 8.38. The molecule has 0 aromatic heterocycles. The van der Waals surface area contributed by atoms with E-state index in [9.17, 15) is 0 Å². The van der Waals surface area contributed by atoms with Gasteiger partial charge in [-0.25, -0.2) is 4.89 Å². The fourth-order valence-electron chi connectivity index (χ4n) is 1.37. The van der Waals surface area contributed by atoms with Gasteiger partial charge in [-0.2, -0.15) is 0 Å². The van der Waals surface area contributed by atoms with Gasteiger partial charge in [-0.05, 0) is 17.4 Å². The Morgan fingerprint density at radius 1 is 1.23 bits per heavy atom. The summed E-state index contributed by atoms with van der Waals surface area (Å²) in [5.41, 5.74) is 1.25. The van der Waals surface area contributed by atoms with Crippen LogP contribution in [0.5, 0.6) is 0 Å². The Morgan fingerprint density at radius 3 is 2.38 bits per heavy atom. The third-order valence-electron chi connectivity index (χ3n) is 1.98. The minimum atomic E-state index is -0.0178. The Kier molecular flexibility index (Phi) is 3.46. The van der Waals surface area contributed by atoms with E-state index in [0.29, 0.717) is 6.61 Å². The number of hydrogen-bond acceptors (Lipinski definition) is 2. The predicted molar refractivity (Wildman–Crippen MR) is 52.5 cm³/mol. The molecule has 0 aliphatic carbocycles. The Hall–Kier alpha value is -0.860. The van der Waals surface area contributed by atoms with Crippen LogP contribution >= 0.6 is 0 Å². The second-order valence-corrected chi connectivity index (χ2v) is 4.10. The van der Waals surface area contributed by atoms with Crippen LogP contribution in [0.4, 0.5) is 0 Å². The molecule has 0 bridgehead atoms. The van der Waals surface area contributed by atoms with Crippen molar-refractivity contribution in [1.82, 2.24) is 0 Å². The smallest absolute Gasteiger partial charge is 0.0873 e. The largest absolute Gasteiger partial charge is 0.252 e. The van der Waals surface area contributed by atoms with Crippen molar-refractivity contribution in [2.24, 2.45) is 5.41 Å². The van der Waals surface area contributed by atoms with Crippen LogP contribution in [-0.4, -0.2) is 11.9 Å². The summed E-state index contributed by atoms with van der Waals surface area (Å²) >= 11 is 0. The molecule has 2 nitrogen and oxygen atoms in total. The van der Waals surface area contributed by atoms with Crippen molar-refractivity contribution in [2.45, 2.75) is 20.3 Å². The molecule has 1 rings (SSSR count). The van der Waals surface area contributed by atoms with Crippen LogP contribution in [0.25, 0.3) is 0 Å². The highest BCUT2D eigenvalue weighted by Gasteiger charge is 2.18. The van der Waals surface area contributed by atoms with Crippen molar-refractivity contribution in [3.05, 3.63) is 35.9 Å². The summed E-state index contributed by atoms with van der Waals surface area (Å²) in [6.45, 7) is 4.49. The highest BCUT2D eigenvalue weighted by atomic mass is 17.1. The summed E-state index contributed by atoms with van der Waals surface area (Å²) in [5.74, 6) is 0. The monoisotopic (exact) mass is 180 g/mol. The zero-order valence-corrected chi connectivity index (χ0v) is 8.16. The molecule has 1 aromatic rings. The molecular weight excluding hydrogens is 164 g/mol. The Labute approximate surface area is 79.1 Å². The van der Waals surface area contributed by atoms with E-state index >= 15 is 0 Å². The van der Waals surface area contributed by atoms with E-state index in [1.54, 1.807) is 0 Å². The summed E-state index contributed by atoms with van der Waals surface area (Å²) in [4.78, 5) is 4.18. The van der Waals surface area contributed by atoms with Gasteiger partial charge in [0.1, 0.15) is 0 Å². The van der Waals surface area contributed by atoms with Crippen molar-refractivity contribution in [3.63, 3.8) is 0 Å². The lowest BCUT2D eigenvalue weighted by molar-refractivity contribution is -0.259. The van der Waals surface area contributed by atoms with Gasteiger partial charge in [0.15, 0.2) is 0 Å². The van der Waals surface area contributed by atoms with Crippen molar-refractivity contribution < 1.29 is 10.1 Å². The highest BCUT2D eigenvalue weighted by molar-refractivity contribution is 5.16. The van der Waals surface area contributed by atoms with Crippen LogP contribution in [-0.2, 0) is 11.3 Å². The van der Waals surface area contributed by atoms with Crippen LogP contribution in [0.15, 0.2) is 30.3 Å². The first-order valence-corrected chi connectivity index (χ1v) is 4.44. The average Bonchev–Trinajstić information content (AvgIpc) is 2.04. The lowest BCUT2D eigenvalue weighted by Crippen LogP contribution is -2.21. The molecule has 0 saturated heterocycles. The lowest BCUT2D eigenvalue weighted by Gasteiger charge is -2.22. The molecule has 0 heterocycles. The van der Waals surface area contributed by atoms with Crippen molar-refractivity contribution in [3.8, 4) is 0 Å². The Balaban J connectivity index is 2.58. The molecule has 0 unspecified atom stereocenters. The number of benzene rings is 1. The normalized spacial score (nSPS) is 11.6. The zero-order valence-electron chi connectivity index (χ0n) is 8.16. The first kappa shape index (κ1) is 10.2. The highest BCUT2D eigenvalue weighted by Crippen LogP contribution is 2.21. The van der Waals surface area contributed by atoms with Crippen LogP contribution in [0.2, 0.25) is 0 Å². The van der Waals surface area contributed by atoms with Gasteiger partial charge in [-0.3, -0.25) is 5.26 Å². The summed E-state index contributed by atoms with van der Waals surface area (Å²) in [6, 6.07) is 10.2. The van der Waals surface area contributed by atoms with Gasteiger partial charge in [-0.15, -0.1) is 0 Å². The fourth-order valence-corrected chi connectivity index (χ4v) is 1.37. The van der Waals surface area contributed by atoms with E-state index in [-0.39, 0.29) is 5.41 Å². The summed E-state index contributed by atoms with van der Waals surface area (Å²) in [7, 11) is 0. The maximum atomic E-state index is 8.38. The van der Waals surface area contributed by atoms with Gasteiger partial charge in [0.2, 0.25) is 0 Å². The van der Waals surface area contributed by atoms with E-state index in [1.165, 1.54) is 5.56 Å². The second-order valence-electron chi connectivity index (χ2n) is 4.10. The zero-order chi connectivity index (χ0) is 9.73. The lowest BCUT2D eigenvalue weighted by atomic mass is 9.87. The predicted octanol–water partition coefficient (Wildman–Crippen LogP) is 2.74. The van der Waals surface area contributed by atoms with Crippen LogP contribution < -0.4 is 0 Å². The van der Waals surface area contributed by atoms with Gasteiger partial charge < -0.3 is 0 Å². The molecule has 0 spiro atoms. The second kappa shape index (κ2) is 4.40. The Bertz CT molecular complexity index is 242. The van der Waals surface area contributed by atoms with Gasteiger partial charge in [-0.1, -0.05) is 44.2 Å². The van der Waals surface area contributed by atoms with Crippen molar-refractivity contribution in [1.29, 1.82) is 0 Å². The maximum Gasteiger partial charge on any atom is 0.0873 e. The van der Waals surface area contributed by atoms with Gasteiger partial charge in [0.25, 0.3) is 0 Å². The Morgan fingerprint density at radius 2 is 1.85 bits per heavy atom. The quantitative estimate of drug-likeness (QED) is 0.570. The van der Waals surface area contributed by atoms with E-state index < -0.39 is 0 Å². The van der Waals surface area contributed by atoms with E-state index in [2.05, 4.69) is 30.9 Å². The fraction of sp³-hybridized carbons (Fsp3) is 0.455. The molecule has 13 heavy (non-hydrogen) atoms. The molecular formula is C11H16O2. The SMILES string of the molecule is CC(C)(COO)Cc1ccccc1. The van der Waals surface area contributed by atoms with Gasteiger partial charge in [0.05, 0.1) is 6.61 Å². The average molecular weight is 180 g/mol. The summed E-state index contributed by atoms with van der Waals surface area (Å²) in [6.07, 6.45) is 0.911. The molecule has 0 aliphatic rings. The van der Waals surface area contributed by atoms with Gasteiger partial charge >= 0.3 is 0 Å². The van der Waals surface area contributed by atoms with Gasteiger partial charge in [0, 0.05) is 0 Å². The minimum absolute atomic E-state index is 0.0178. The molecule has 1 N–H and O–H groups in total. The van der Waals surface area contributed by atoms with Crippen LogP contribution in [0.1, 0.15) is 19.4 Å². The number of rotatable bonds is 4. The third kappa shape index (κ3) is 3.57. The molecule has 0 atom stereocenters. The van der Waals surface area contributed by atoms with E-state index in [4.69, 9.17) is 5.26 Å². The van der Waals surface area contributed by atoms with E-state index in [0.717, 1.165) is 6.42 Å². The van der Waals surface area contributed by atoms with Crippen molar-refractivity contribution >= 4 is 0 Å². The van der Waals surface area contributed by atoms with Crippen molar-refractivity contribution in [2.75, 3.05) is 6.61 Å². The van der Waals surface area contributed by atoms with E-state index in [1.807, 2.05) is 18.2 Å². The molecule has 0 saturated carbocycles. The molecule has 1 aromatic carbocycles. The van der Waals surface area contributed by atoms with Crippen LogP contribution in [0, 0.1) is 5.41 Å². The minimum Gasteiger partial charge on any atom is -0.252 e. The molecule has 0 radical (unpaired) electrons. The molecule has 0 amide bonds.